The van der Waals surface area contributed by atoms with Gasteiger partial charge in [-0.25, -0.2) is 4.98 Å². The highest BCUT2D eigenvalue weighted by molar-refractivity contribution is 5.99. The largest absolute Gasteiger partial charge is 0.391 e. The summed E-state index contributed by atoms with van der Waals surface area (Å²) in [5, 5.41) is 21.8. The zero-order chi connectivity index (χ0) is 36.5. The molecule has 0 saturated heterocycles. The number of hydrogen-bond donors (Lipinski definition) is 6. The van der Waals surface area contributed by atoms with E-state index in [1.54, 1.807) is 18.2 Å². The first kappa shape index (κ1) is 35.5. The van der Waals surface area contributed by atoms with Crippen LogP contribution in [-0.4, -0.2) is 56.9 Å². The molecular weight excluding hydrogens is 656 g/mol. The lowest BCUT2D eigenvalue weighted by molar-refractivity contribution is -0.128. The van der Waals surface area contributed by atoms with Crippen LogP contribution in [0.4, 0.5) is 0 Å². The lowest BCUT2D eigenvalue weighted by Gasteiger charge is -2.27. The topological polar surface area (TPSA) is 179 Å². The van der Waals surface area contributed by atoms with E-state index in [0.717, 1.165) is 33.1 Å². The maximum Gasteiger partial charge on any atom is 0.270 e. The summed E-state index contributed by atoms with van der Waals surface area (Å²) in [4.78, 5) is 60.2. The predicted octanol–water partition coefficient (Wildman–Crippen LogP) is 4.46. The summed E-state index contributed by atoms with van der Waals surface area (Å²) in [5.41, 5.74) is 9.62. The third-order valence-electron chi connectivity index (χ3n) is 8.92. The summed E-state index contributed by atoms with van der Waals surface area (Å²) in [6.07, 6.45) is -1.44. The molecule has 0 spiro atoms. The van der Waals surface area contributed by atoms with Crippen LogP contribution in [0, 0.1) is 0 Å². The van der Waals surface area contributed by atoms with Crippen LogP contribution in [0.5, 0.6) is 0 Å². The Balaban J connectivity index is 1.15. The Morgan fingerprint density at radius 2 is 1.42 bits per heavy atom. The lowest BCUT2D eigenvalue weighted by Crippen LogP contribution is -2.54. The van der Waals surface area contributed by atoms with Crippen molar-refractivity contribution in [2.24, 2.45) is 5.73 Å². The molecule has 0 aliphatic rings. The number of rotatable bonds is 15. The van der Waals surface area contributed by atoms with Gasteiger partial charge in [0.2, 0.25) is 17.7 Å². The quantitative estimate of drug-likeness (QED) is 0.0923. The van der Waals surface area contributed by atoms with Crippen LogP contribution in [-0.2, 0) is 20.8 Å². The van der Waals surface area contributed by atoms with Crippen molar-refractivity contribution >= 4 is 45.4 Å². The number of H-pyrrole nitrogens is 1. The van der Waals surface area contributed by atoms with Gasteiger partial charge >= 0.3 is 0 Å². The highest BCUT2D eigenvalue weighted by atomic mass is 16.3. The summed E-state index contributed by atoms with van der Waals surface area (Å²) in [7, 11) is 0. The maximum absolute atomic E-state index is 13.7. The molecule has 4 amide bonds. The normalized spacial score (nSPS) is 13.5. The Hall–Kier alpha value is -6.33. The number of benzene rings is 4. The Labute approximate surface area is 300 Å². The molecule has 2 heterocycles. The highest BCUT2D eigenvalue weighted by Gasteiger charge is 2.30. The SMILES string of the molecule is NC(=O)C[C@H](NC(=O)c1ccc2ccccc2n1)C(=O)N[C@@H](Cc1ccccc1)[C@@H](O)CCC(=O)NC(c1ccccc1)c1cc2ccccc2[nH]1. The molecule has 6 rings (SSSR count). The molecule has 11 heteroatoms. The summed E-state index contributed by atoms with van der Waals surface area (Å²) in [6, 6.07) is 36.6. The molecule has 52 heavy (non-hydrogen) atoms. The van der Waals surface area contributed by atoms with Gasteiger partial charge < -0.3 is 31.8 Å². The second-order valence-electron chi connectivity index (χ2n) is 12.7. The molecule has 0 bridgehead atoms. The summed E-state index contributed by atoms with van der Waals surface area (Å²) in [5.74, 6) is -2.46. The molecule has 4 atom stereocenters. The fourth-order valence-corrected chi connectivity index (χ4v) is 6.22. The van der Waals surface area contributed by atoms with Gasteiger partial charge in [0.25, 0.3) is 5.91 Å². The van der Waals surface area contributed by atoms with E-state index >= 15 is 0 Å². The van der Waals surface area contributed by atoms with E-state index in [1.165, 1.54) is 6.07 Å². The summed E-state index contributed by atoms with van der Waals surface area (Å²) in [6.45, 7) is 0. The van der Waals surface area contributed by atoms with E-state index in [0.29, 0.717) is 5.52 Å². The molecule has 11 nitrogen and oxygen atoms in total. The van der Waals surface area contributed by atoms with Gasteiger partial charge in [0.15, 0.2) is 0 Å². The van der Waals surface area contributed by atoms with Crippen LogP contribution in [0.25, 0.3) is 21.8 Å². The first-order valence-electron chi connectivity index (χ1n) is 17.1. The van der Waals surface area contributed by atoms with Crippen LogP contribution in [0.1, 0.15) is 52.6 Å². The van der Waals surface area contributed by atoms with Crippen LogP contribution in [0.2, 0.25) is 0 Å². The number of nitrogens with one attached hydrogen (secondary N) is 4. The zero-order valence-electron chi connectivity index (χ0n) is 28.4. The molecule has 0 radical (unpaired) electrons. The number of para-hydroxylation sites is 2. The van der Waals surface area contributed by atoms with Gasteiger partial charge in [-0.3, -0.25) is 19.2 Å². The average Bonchev–Trinajstić information content (AvgIpc) is 3.60. The van der Waals surface area contributed by atoms with Crippen molar-refractivity contribution in [1.29, 1.82) is 0 Å². The molecule has 7 N–H and O–H groups in total. The number of amides is 4. The number of hydrogen-bond acceptors (Lipinski definition) is 6. The second-order valence-corrected chi connectivity index (χ2v) is 12.7. The van der Waals surface area contributed by atoms with E-state index in [2.05, 4.69) is 25.9 Å². The first-order chi connectivity index (χ1) is 25.2. The number of fused-ring (bicyclic) bond motifs is 2. The van der Waals surface area contributed by atoms with Gasteiger partial charge in [-0.2, -0.15) is 0 Å². The van der Waals surface area contributed by atoms with Crippen molar-refractivity contribution in [3.63, 3.8) is 0 Å². The lowest BCUT2D eigenvalue weighted by atomic mass is 9.97. The number of aliphatic hydroxyl groups is 1. The number of nitrogens with two attached hydrogens (primary N) is 1. The van der Waals surface area contributed by atoms with Crippen LogP contribution in [0.15, 0.2) is 127 Å². The minimum absolute atomic E-state index is 0.0195. The fourth-order valence-electron chi connectivity index (χ4n) is 6.22. The minimum atomic E-state index is -1.34. The van der Waals surface area contributed by atoms with E-state index in [4.69, 9.17) is 5.73 Å². The number of carbonyl (C=O) groups excluding carboxylic acids is 4. The van der Waals surface area contributed by atoms with Crippen molar-refractivity contribution < 1.29 is 24.3 Å². The molecule has 6 aromatic rings. The second kappa shape index (κ2) is 16.6. The van der Waals surface area contributed by atoms with Gasteiger partial charge in [0, 0.05) is 23.0 Å². The van der Waals surface area contributed by atoms with E-state index in [9.17, 15) is 24.3 Å². The van der Waals surface area contributed by atoms with E-state index < -0.39 is 48.4 Å². The molecule has 0 aliphatic heterocycles. The third kappa shape index (κ3) is 9.06. The summed E-state index contributed by atoms with van der Waals surface area (Å²) >= 11 is 0. The van der Waals surface area contributed by atoms with E-state index in [-0.39, 0.29) is 30.9 Å². The Morgan fingerprint density at radius 3 is 2.15 bits per heavy atom. The number of aromatic nitrogens is 2. The van der Waals surface area contributed by atoms with Crippen LogP contribution >= 0.6 is 0 Å². The van der Waals surface area contributed by atoms with Gasteiger partial charge in [-0.1, -0.05) is 103 Å². The maximum atomic E-state index is 13.7. The Bertz CT molecular complexity index is 2140. The van der Waals surface area contributed by atoms with E-state index in [1.807, 2.05) is 103 Å². The monoisotopic (exact) mass is 696 g/mol. The minimum Gasteiger partial charge on any atom is -0.391 e. The molecule has 0 fully saturated rings. The van der Waals surface area contributed by atoms with Gasteiger partial charge in [-0.05, 0) is 53.6 Å². The van der Waals surface area contributed by atoms with Crippen molar-refractivity contribution in [3.8, 4) is 0 Å². The van der Waals surface area contributed by atoms with Crippen molar-refractivity contribution in [3.05, 3.63) is 150 Å². The predicted molar refractivity (Wildman–Crippen MR) is 199 cm³/mol. The number of primary amides is 1. The number of nitrogens with zero attached hydrogens (tertiary/aromatic N) is 1. The standard InChI is InChI=1S/C41H40N6O5/c42-37(49)25-35(46-40(51)32-20-19-27-13-7-9-17-30(27)43-32)41(52)45-33(23-26-11-3-1-4-12-26)36(48)21-22-38(50)47-39(28-14-5-2-6-15-28)34-24-29-16-8-10-18-31(29)44-34/h1-20,24,33,35-36,39,44,48H,21-23,25H2,(H2,42,49)(H,45,52)(H,46,51)(H,47,50)/t33-,35-,36-,39?/m0/s1. The fraction of sp³-hybridized carbons (Fsp3) is 0.195. The molecule has 2 aromatic heterocycles. The molecule has 1 unspecified atom stereocenters. The Morgan fingerprint density at radius 1 is 0.750 bits per heavy atom. The van der Waals surface area contributed by atoms with Crippen LogP contribution < -0.4 is 21.7 Å². The van der Waals surface area contributed by atoms with Gasteiger partial charge in [0.1, 0.15) is 11.7 Å². The van der Waals surface area contributed by atoms with Crippen molar-refractivity contribution in [2.75, 3.05) is 0 Å². The van der Waals surface area contributed by atoms with Crippen molar-refractivity contribution in [1.82, 2.24) is 25.9 Å². The molecule has 0 saturated carbocycles. The number of carbonyl (C=O) groups is 4. The summed E-state index contributed by atoms with van der Waals surface area (Å²) < 4.78 is 0. The molecule has 264 valence electrons. The first-order valence-corrected chi connectivity index (χ1v) is 17.1. The Kier molecular flexibility index (Phi) is 11.3. The molecule has 0 aliphatic carbocycles. The van der Waals surface area contributed by atoms with Crippen LogP contribution in [0.3, 0.4) is 0 Å². The third-order valence-corrected chi connectivity index (χ3v) is 8.92. The number of aliphatic hydroxyl groups excluding tert-OH is 1. The van der Waals surface area contributed by atoms with Gasteiger partial charge in [-0.15, -0.1) is 0 Å². The zero-order valence-corrected chi connectivity index (χ0v) is 28.4. The van der Waals surface area contributed by atoms with Crippen molar-refractivity contribution in [2.45, 2.75) is 49.9 Å². The number of pyridine rings is 1. The average molecular weight is 697 g/mol. The molecule has 4 aromatic carbocycles. The number of aromatic amines is 1. The highest BCUT2D eigenvalue weighted by Crippen LogP contribution is 2.26. The molecular formula is C41H40N6O5. The smallest absolute Gasteiger partial charge is 0.270 e. The van der Waals surface area contributed by atoms with Gasteiger partial charge in [0.05, 0.1) is 30.1 Å².